The number of hydrogen-bond acceptors (Lipinski definition) is 3. The second-order valence-corrected chi connectivity index (χ2v) is 5.51. The summed E-state index contributed by atoms with van der Waals surface area (Å²) in [4.78, 5) is 13.3. The lowest BCUT2D eigenvalue weighted by atomic mass is 10.0. The molecule has 0 radical (unpaired) electrons. The summed E-state index contributed by atoms with van der Waals surface area (Å²) < 4.78 is 13.2. The molecule has 1 aromatic carbocycles. The highest BCUT2D eigenvalue weighted by Crippen LogP contribution is 2.20. The second kappa shape index (κ2) is 7.02. The number of piperidine rings is 1. The van der Waals surface area contributed by atoms with Crippen LogP contribution in [0.2, 0.25) is 5.02 Å². The minimum absolute atomic E-state index is 0.104. The smallest absolute Gasteiger partial charge is 0.231 e. The van der Waals surface area contributed by atoms with E-state index in [4.69, 9.17) is 17.3 Å². The number of nitrogens with one attached hydrogen (secondary N) is 1. The van der Waals surface area contributed by atoms with Crippen LogP contribution in [0.15, 0.2) is 18.2 Å². The quantitative estimate of drug-likeness (QED) is 0.867. The van der Waals surface area contributed by atoms with E-state index in [9.17, 15) is 9.18 Å². The van der Waals surface area contributed by atoms with E-state index in [1.165, 1.54) is 6.07 Å². The molecule has 0 aromatic heterocycles. The number of nitrogens with zero attached hydrogens (tertiary/aromatic N) is 1. The van der Waals surface area contributed by atoms with Crippen LogP contribution in [0.25, 0.3) is 0 Å². The molecule has 0 unspecified atom stereocenters. The van der Waals surface area contributed by atoms with Crippen LogP contribution in [0.3, 0.4) is 0 Å². The van der Waals surface area contributed by atoms with Crippen LogP contribution >= 0.6 is 11.6 Å². The molecule has 1 saturated heterocycles. The third-order valence-electron chi connectivity index (χ3n) is 3.55. The number of halogens is 2. The van der Waals surface area contributed by atoms with E-state index >= 15 is 0 Å². The molecular formula is C14H19ClFN3O. The van der Waals surface area contributed by atoms with Gasteiger partial charge in [0, 0.05) is 12.6 Å². The van der Waals surface area contributed by atoms with Gasteiger partial charge in [-0.05, 0) is 43.6 Å². The molecule has 1 aromatic rings. The summed E-state index contributed by atoms with van der Waals surface area (Å²) in [5.41, 5.74) is 6.21. The SMILES string of the molecule is NC(=O)CN(Cc1ccc(F)c(Cl)c1)C1CCNCC1. The largest absolute Gasteiger partial charge is 0.369 e. The first kappa shape index (κ1) is 15.2. The van der Waals surface area contributed by atoms with Gasteiger partial charge in [-0.25, -0.2) is 4.39 Å². The maximum Gasteiger partial charge on any atom is 0.231 e. The molecule has 0 saturated carbocycles. The lowest BCUT2D eigenvalue weighted by Crippen LogP contribution is -2.46. The van der Waals surface area contributed by atoms with Crippen molar-refractivity contribution in [2.45, 2.75) is 25.4 Å². The lowest BCUT2D eigenvalue weighted by molar-refractivity contribution is -0.120. The molecule has 3 N–H and O–H groups in total. The van der Waals surface area contributed by atoms with Crippen molar-refractivity contribution in [2.24, 2.45) is 5.73 Å². The number of carbonyl (C=O) groups excluding carboxylic acids is 1. The second-order valence-electron chi connectivity index (χ2n) is 5.10. The van der Waals surface area contributed by atoms with Crippen LogP contribution in [-0.2, 0) is 11.3 Å². The Hall–Kier alpha value is -1.17. The molecule has 1 fully saturated rings. The van der Waals surface area contributed by atoms with Crippen LogP contribution in [-0.4, -0.2) is 36.5 Å². The standard InChI is InChI=1S/C14H19ClFN3O/c15-12-7-10(1-2-13(12)16)8-19(9-14(17)20)11-3-5-18-6-4-11/h1-2,7,11,18H,3-6,8-9H2,(H2,17,20). The molecule has 2 rings (SSSR count). The fourth-order valence-corrected chi connectivity index (χ4v) is 2.76. The van der Waals surface area contributed by atoms with E-state index in [1.807, 2.05) is 4.90 Å². The Morgan fingerprint density at radius 2 is 2.15 bits per heavy atom. The summed E-state index contributed by atoms with van der Waals surface area (Å²) in [6.45, 7) is 2.63. The summed E-state index contributed by atoms with van der Waals surface area (Å²) >= 11 is 5.79. The number of hydrogen-bond donors (Lipinski definition) is 2. The minimum atomic E-state index is -0.432. The van der Waals surface area contributed by atoms with E-state index in [0.29, 0.717) is 12.6 Å². The van der Waals surface area contributed by atoms with Gasteiger partial charge in [0.15, 0.2) is 0 Å². The molecular weight excluding hydrogens is 281 g/mol. The first-order chi connectivity index (χ1) is 9.56. The zero-order chi connectivity index (χ0) is 14.5. The van der Waals surface area contributed by atoms with Crippen molar-refractivity contribution >= 4 is 17.5 Å². The Morgan fingerprint density at radius 1 is 1.45 bits per heavy atom. The first-order valence-electron chi connectivity index (χ1n) is 6.73. The molecule has 0 spiro atoms. The van der Waals surface area contributed by atoms with Crippen molar-refractivity contribution in [1.29, 1.82) is 0 Å². The molecule has 0 aliphatic carbocycles. The van der Waals surface area contributed by atoms with Gasteiger partial charge < -0.3 is 11.1 Å². The molecule has 1 aliphatic rings. The van der Waals surface area contributed by atoms with Gasteiger partial charge in [-0.15, -0.1) is 0 Å². The normalized spacial score (nSPS) is 16.6. The monoisotopic (exact) mass is 299 g/mol. The number of nitrogens with two attached hydrogens (primary N) is 1. The fraction of sp³-hybridized carbons (Fsp3) is 0.500. The van der Waals surface area contributed by atoms with E-state index in [-0.39, 0.29) is 17.5 Å². The molecule has 6 heteroatoms. The Bertz CT molecular complexity index is 477. The van der Waals surface area contributed by atoms with Gasteiger partial charge in [-0.3, -0.25) is 9.69 Å². The van der Waals surface area contributed by atoms with Crippen LogP contribution in [0.5, 0.6) is 0 Å². The van der Waals surface area contributed by atoms with Crippen LogP contribution in [0.4, 0.5) is 4.39 Å². The summed E-state index contributed by atoms with van der Waals surface area (Å²) in [5.74, 6) is -0.782. The van der Waals surface area contributed by atoms with Crippen molar-refractivity contribution in [2.75, 3.05) is 19.6 Å². The maximum absolute atomic E-state index is 13.2. The van der Waals surface area contributed by atoms with Crippen LogP contribution < -0.4 is 11.1 Å². The third kappa shape index (κ3) is 4.16. The maximum atomic E-state index is 13.2. The Balaban J connectivity index is 2.09. The predicted octanol–water partition coefficient (Wildman–Crippen LogP) is 1.52. The minimum Gasteiger partial charge on any atom is -0.369 e. The highest BCUT2D eigenvalue weighted by molar-refractivity contribution is 6.30. The van der Waals surface area contributed by atoms with Gasteiger partial charge in [0.2, 0.25) is 5.91 Å². The van der Waals surface area contributed by atoms with Gasteiger partial charge in [0.25, 0.3) is 0 Å². The average molecular weight is 300 g/mol. The lowest BCUT2D eigenvalue weighted by Gasteiger charge is -2.33. The van der Waals surface area contributed by atoms with Crippen molar-refractivity contribution in [1.82, 2.24) is 10.2 Å². The molecule has 20 heavy (non-hydrogen) atoms. The molecule has 0 bridgehead atoms. The summed E-state index contributed by atoms with van der Waals surface area (Å²) in [6, 6.07) is 4.96. The zero-order valence-electron chi connectivity index (χ0n) is 11.2. The van der Waals surface area contributed by atoms with Crippen molar-refractivity contribution in [3.63, 3.8) is 0 Å². The predicted molar refractivity (Wildman–Crippen MR) is 76.9 cm³/mol. The highest BCUT2D eigenvalue weighted by Gasteiger charge is 2.22. The van der Waals surface area contributed by atoms with Crippen LogP contribution in [0, 0.1) is 5.82 Å². The Kier molecular flexibility index (Phi) is 5.34. The van der Waals surface area contributed by atoms with Gasteiger partial charge in [-0.2, -0.15) is 0 Å². The van der Waals surface area contributed by atoms with E-state index in [1.54, 1.807) is 12.1 Å². The molecule has 4 nitrogen and oxygen atoms in total. The van der Waals surface area contributed by atoms with E-state index < -0.39 is 5.82 Å². The molecule has 1 amide bonds. The number of amides is 1. The van der Waals surface area contributed by atoms with Gasteiger partial charge >= 0.3 is 0 Å². The van der Waals surface area contributed by atoms with Gasteiger partial charge in [-0.1, -0.05) is 17.7 Å². The van der Waals surface area contributed by atoms with E-state index in [2.05, 4.69) is 5.32 Å². The molecule has 110 valence electrons. The van der Waals surface area contributed by atoms with Crippen molar-refractivity contribution in [3.05, 3.63) is 34.6 Å². The average Bonchev–Trinajstić information content (AvgIpc) is 2.43. The zero-order valence-corrected chi connectivity index (χ0v) is 12.0. The Labute approximate surface area is 123 Å². The molecule has 1 heterocycles. The van der Waals surface area contributed by atoms with Gasteiger partial charge in [0.1, 0.15) is 5.82 Å². The number of carbonyl (C=O) groups is 1. The number of rotatable bonds is 5. The number of benzene rings is 1. The van der Waals surface area contributed by atoms with Crippen molar-refractivity contribution < 1.29 is 9.18 Å². The first-order valence-corrected chi connectivity index (χ1v) is 7.11. The highest BCUT2D eigenvalue weighted by atomic mass is 35.5. The van der Waals surface area contributed by atoms with E-state index in [0.717, 1.165) is 31.5 Å². The summed E-state index contributed by atoms with van der Waals surface area (Å²) in [7, 11) is 0. The summed E-state index contributed by atoms with van der Waals surface area (Å²) in [5, 5.41) is 3.39. The molecule has 0 atom stereocenters. The van der Waals surface area contributed by atoms with Crippen molar-refractivity contribution in [3.8, 4) is 0 Å². The number of primary amides is 1. The molecule has 1 aliphatic heterocycles. The summed E-state index contributed by atoms with van der Waals surface area (Å²) in [6.07, 6.45) is 1.95. The Morgan fingerprint density at radius 3 is 2.75 bits per heavy atom. The van der Waals surface area contributed by atoms with Gasteiger partial charge in [0.05, 0.1) is 11.6 Å². The third-order valence-corrected chi connectivity index (χ3v) is 3.84. The van der Waals surface area contributed by atoms with Crippen LogP contribution in [0.1, 0.15) is 18.4 Å². The topological polar surface area (TPSA) is 58.4 Å². The fourth-order valence-electron chi connectivity index (χ4n) is 2.56.